The van der Waals surface area contributed by atoms with Crippen molar-refractivity contribution in [1.29, 1.82) is 0 Å². The molecule has 23 heavy (non-hydrogen) atoms. The van der Waals surface area contributed by atoms with Crippen LogP contribution in [0, 0.1) is 5.82 Å². The lowest BCUT2D eigenvalue weighted by molar-refractivity contribution is 0.154. The first-order valence-electron chi connectivity index (χ1n) is 6.85. The second-order valence-corrected chi connectivity index (χ2v) is 6.98. The smallest absolute Gasteiger partial charge is 0.191 e. The molecule has 0 spiro atoms. The first-order chi connectivity index (χ1) is 10.4. The molecule has 1 rings (SSSR count). The molecule has 6 nitrogen and oxygen atoms in total. The zero-order chi connectivity index (χ0) is 16.4. The van der Waals surface area contributed by atoms with E-state index in [1.165, 1.54) is 18.4 Å². The number of nitrogens with one attached hydrogen (secondary N) is 2. The number of aliphatic imine (C=N–C) groups is 1. The summed E-state index contributed by atoms with van der Waals surface area (Å²) in [5.41, 5.74) is 0.812. The molecule has 0 saturated carbocycles. The summed E-state index contributed by atoms with van der Waals surface area (Å²) < 4.78 is 40.1. The lowest BCUT2D eigenvalue weighted by atomic mass is 10.2. The van der Waals surface area contributed by atoms with E-state index in [0.717, 1.165) is 5.56 Å². The Kier molecular flexibility index (Phi) is 11.1. The molecule has 0 heterocycles. The Morgan fingerprint density at radius 2 is 2.04 bits per heavy atom. The second kappa shape index (κ2) is 11.6. The summed E-state index contributed by atoms with van der Waals surface area (Å²) in [5.74, 6) is 0.303. The van der Waals surface area contributed by atoms with Crippen LogP contribution in [0.2, 0.25) is 0 Å². The summed E-state index contributed by atoms with van der Waals surface area (Å²) in [6, 6.07) is 6.31. The minimum atomic E-state index is -2.99. The fourth-order valence-corrected chi connectivity index (χ4v) is 2.03. The zero-order valence-electron chi connectivity index (χ0n) is 13.2. The minimum absolute atomic E-state index is 0. The number of sulfone groups is 1. The fraction of sp³-hybridized carbons (Fsp3) is 0.500. The molecule has 1 aromatic carbocycles. The Morgan fingerprint density at radius 1 is 1.30 bits per heavy atom. The van der Waals surface area contributed by atoms with Gasteiger partial charge in [-0.3, -0.25) is 4.99 Å². The van der Waals surface area contributed by atoms with Gasteiger partial charge >= 0.3 is 0 Å². The third-order valence-corrected chi connectivity index (χ3v) is 3.62. The van der Waals surface area contributed by atoms with Gasteiger partial charge in [-0.15, -0.1) is 24.0 Å². The highest BCUT2D eigenvalue weighted by atomic mass is 127. The van der Waals surface area contributed by atoms with Gasteiger partial charge in [-0.2, -0.15) is 0 Å². The van der Waals surface area contributed by atoms with Gasteiger partial charge in [-0.1, -0.05) is 12.1 Å². The van der Waals surface area contributed by atoms with Crippen LogP contribution < -0.4 is 10.6 Å². The number of benzene rings is 1. The van der Waals surface area contributed by atoms with E-state index < -0.39 is 9.84 Å². The lowest BCUT2D eigenvalue weighted by Gasteiger charge is -2.12. The Morgan fingerprint density at radius 3 is 2.65 bits per heavy atom. The largest absolute Gasteiger partial charge is 0.379 e. The van der Waals surface area contributed by atoms with E-state index in [1.807, 2.05) is 6.07 Å². The van der Waals surface area contributed by atoms with Gasteiger partial charge in [-0.05, 0) is 17.7 Å². The van der Waals surface area contributed by atoms with Gasteiger partial charge in [0.2, 0.25) is 0 Å². The number of halogens is 2. The van der Waals surface area contributed by atoms with E-state index in [9.17, 15) is 12.8 Å². The van der Waals surface area contributed by atoms with Crippen LogP contribution in [0.5, 0.6) is 0 Å². The summed E-state index contributed by atoms with van der Waals surface area (Å²) in [7, 11) is -1.36. The van der Waals surface area contributed by atoms with E-state index in [0.29, 0.717) is 25.7 Å². The molecule has 0 fully saturated rings. The van der Waals surface area contributed by atoms with Gasteiger partial charge in [-0.25, -0.2) is 12.8 Å². The molecular weight excluding hydrogens is 436 g/mol. The Bertz CT molecular complexity index is 597. The molecule has 2 N–H and O–H groups in total. The molecule has 0 aliphatic carbocycles. The molecular formula is C14H23FIN3O3S. The quantitative estimate of drug-likeness (QED) is 0.264. The van der Waals surface area contributed by atoms with Crippen molar-refractivity contribution in [2.75, 3.05) is 38.8 Å². The van der Waals surface area contributed by atoms with Crippen molar-refractivity contribution >= 4 is 39.8 Å². The van der Waals surface area contributed by atoms with E-state index in [1.54, 1.807) is 13.1 Å². The standard InChI is InChI=1S/C14H22FN3O3S.HI/c1-16-14(17-6-7-21-8-9-22(2,19)20)18-11-12-4-3-5-13(15)10-12;/h3-5,10H,6-9,11H2,1-2H3,(H2,16,17,18);1H. The van der Waals surface area contributed by atoms with Gasteiger partial charge in [0.25, 0.3) is 0 Å². The minimum Gasteiger partial charge on any atom is -0.379 e. The topological polar surface area (TPSA) is 79.8 Å². The summed E-state index contributed by atoms with van der Waals surface area (Å²) >= 11 is 0. The van der Waals surface area contributed by atoms with E-state index in [2.05, 4.69) is 15.6 Å². The highest BCUT2D eigenvalue weighted by Gasteiger charge is 2.02. The van der Waals surface area contributed by atoms with Crippen LogP contribution in [-0.2, 0) is 21.1 Å². The maximum Gasteiger partial charge on any atom is 0.191 e. The highest BCUT2D eigenvalue weighted by molar-refractivity contribution is 14.0. The molecule has 0 aliphatic rings. The molecule has 0 bridgehead atoms. The second-order valence-electron chi connectivity index (χ2n) is 4.72. The van der Waals surface area contributed by atoms with Gasteiger partial charge in [0.05, 0.1) is 19.0 Å². The average Bonchev–Trinajstić information content (AvgIpc) is 2.44. The van der Waals surface area contributed by atoms with Crippen LogP contribution in [0.15, 0.2) is 29.3 Å². The molecule has 0 aromatic heterocycles. The number of nitrogens with zero attached hydrogens (tertiary/aromatic N) is 1. The van der Waals surface area contributed by atoms with Crippen LogP contribution in [0.4, 0.5) is 4.39 Å². The first-order valence-corrected chi connectivity index (χ1v) is 8.91. The molecule has 132 valence electrons. The molecule has 0 amide bonds. The maximum absolute atomic E-state index is 13.0. The summed E-state index contributed by atoms with van der Waals surface area (Å²) in [6.07, 6.45) is 1.17. The predicted octanol–water partition coefficient (Wildman–Crippen LogP) is 1.17. The highest BCUT2D eigenvalue weighted by Crippen LogP contribution is 2.02. The lowest BCUT2D eigenvalue weighted by Crippen LogP contribution is -2.38. The van der Waals surface area contributed by atoms with Gasteiger partial charge in [0.15, 0.2) is 5.96 Å². The van der Waals surface area contributed by atoms with E-state index in [4.69, 9.17) is 4.74 Å². The number of guanidine groups is 1. The van der Waals surface area contributed by atoms with Crippen molar-refractivity contribution in [3.63, 3.8) is 0 Å². The molecule has 1 aromatic rings. The average molecular weight is 459 g/mol. The van der Waals surface area contributed by atoms with Crippen molar-refractivity contribution in [3.05, 3.63) is 35.6 Å². The van der Waals surface area contributed by atoms with Gasteiger partial charge in [0.1, 0.15) is 15.7 Å². The molecule has 0 unspecified atom stereocenters. The van der Waals surface area contributed by atoms with Gasteiger partial charge < -0.3 is 15.4 Å². The van der Waals surface area contributed by atoms with Crippen LogP contribution >= 0.6 is 24.0 Å². The summed E-state index contributed by atoms with van der Waals surface area (Å²) in [6.45, 7) is 1.49. The first kappa shape index (κ1) is 22.1. The Hall–Kier alpha value is -0.940. The van der Waals surface area contributed by atoms with Crippen molar-refractivity contribution in [1.82, 2.24) is 10.6 Å². The van der Waals surface area contributed by atoms with Crippen LogP contribution in [-0.4, -0.2) is 53.2 Å². The summed E-state index contributed by atoms with van der Waals surface area (Å²) in [5, 5.41) is 6.07. The van der Waals surface area contributed by atoms with Crippen molar-refractivity contribution in [2.45, 2.75) is 6.54 Å². The van der Waals surface area contributed by atoms with Gasteiger partial charge in [0, 0.05) is 26.4 Å². The van der Waals surface area contributed by atoms with Crippen LogP contribution in [0.1, 0.15) is 5.56 Å². The zero-order valence-corrected chi connectivity index (χ0v) is 16.4. The fourth-order valence-electron chi connectivity index (χ4n) is 1.61. The number of hydrogen-bond donors (Lipinski definition) is 2. The third-order valence-electron chi connectivity index (χ3n) is 2.71. The maximum atomic E-state index is 13.0. The Labute approximate surface area is 153 Å². The summed E-state index contributed by atoms with van der Waals surface area (Å²) in [4.78, 5) is 4.03. The predicted molar refractivity (Wildman–Crippen MR) is 101 cm³/mol. The molecule has 0 radical (unpaired) electrons. The van der Waals surface area contributed by atoms with Crippen molar-refractivity contribution in [2.24, 2.45) is 4.99 Å². The van der Waals surface area contributed by atoms with Crippen LogP contribution in [0.25, 0.3) is 0 Å². The molecule has 9 heteroatoms. The third kappa shape index (κ3) is 11.3. The number of rotatable bonds is 8. The van der Waals surface area contributed by atoms with Crippen molar-refractivity contribution < 1.29 is 17.5 Å². The normalized spacial score (nSPS) is 11.7. The number of hydrogen-bond acceptors (Lipinski definition) is 4. The monoisotopic (exact) mass is 459 g/mol. The van der Waals surface area contributed by atoms with E-state index >= 15 is 0 Å². The molecule has 0 aliphatic heterocycles. The Balaban J connectivity index is 0.00000484. The molecule has 0 atom stereocenters. The SMILES string of the molecule is CN=C(NCCOCCS(C)(=O)=O)NCc1cccc(F)c1.I. The molecule has 0 saturated heterocycles. The van der Waals surface area contributed by atoms with Crippen LogP contribution in [0.3, 0.4) is 0 Å². The van der Waals surface area contributed by atoms with Crippen molar-refractivity contribution in [3.8, 4) is 0 Å². The van der Waals surface area contributed by atoms with E-state index in [-0.39, 0.29) is 42.2 Å². The number of ether oxygens (including phenoxy) is 1.